The van der Waals surface area contributed by atoms with Crippen molar-refractivity contribution in [2.75, 3.05) is 18.9 Å². The maximum absolute atomic E-state index is 5.87. The van der Waals surface area contributed by atoms with Crippen molar-refractivity contribution in [3.05, 3.63) is 48.4 Å². The van der Waals surface area contributed by atoms with Crippen LogP contribution in [0.1, 0.15) is 18.7 Å². The van der Waals surface area contributed by atoms with Gasteiger partial charge in [0.25, 0.3) is 0 Å². The van der Waals surface area contributed by atoms with Crippen LogP contribution in [-0.2, 0) is 6.54 Å². The van der Waals surface area contributed by atoms with Gasteiger partial charge in [-0.15, -0.1) is 0 Å². The lowest BCUT2D eigenvalue weighted by Gasteiger charge is -2.23. The first kappa shape index (κ1) is 13.8. The molecule has 1 aromatic heterocycles. The van der Waals surface area contributed by atoms with Gasteiger partial charge in [0.05, 0.1) is 6.54 Å². The zero-order chi connectivity index (χ0) is 14.5. The Labute approximate surface area is 124 Å². The normalized spacial score (nSPS) is 18.8. The van der Waals surface area contributed by atoms with Crippen LogP contribution in [0.2, 0.25) is 0 Å². The van der Waals surface area contributed by atoms with Crippen LogP contribution in [0.4, 0.5) is 5.82 Å². The van der Waals surface area contributed by atoms with Crippen molar-refractivity contribution < 1.29 is 4.74 Å². The summed E-state index contributed by atoms with van der Waals surface area (Å²) in [5.41, 5.74) is 5.71. The average Bonchev–Trinajstić information content (AvgIpc) is 2.93. The van der Waals surface area contributed by atoms with E-state index in [0.717, 1.165) is 31.1 Å². The lowest BCUT2D eigenvalue weighted by atomic mass is 10.2. The van der Waals surface area contributed by atoms with Gasteiger partial charge in [-0.05, 0) is 37.6 Å². The smallest absolute Gasteiger partial charge is 0.144 e. The third-order valence-corrected chi connectivity index (χ3v) is 3.76. The summed E-state index contributed by atoms with van der Waals surface area (Å²) in [4.78, 5) is 10.9. The fourth-order valence-corrected chi connectivity index (χ4v) is 2.67. The molecular weight excluding hydrogens is 264 g/mol. The largest absolute Gasteiger partial charge is 0.492 e. The second kappa shape index (κ2) is 6.54. The zero-order valence-electron chi connectivity index (χ0n) is 12.0. The predicted octanol–water partition coefficient (Wildman–Crippen LogP) is 2.10. The molecule has 5 heteroatoms. The van der Waals surface area contributed by atoms with E-state index in [4.69, 9.17) is 10.5 Å². The Bertz CT molecular complexity index is 575. The van der Waals surface area contributed by atoms with Gasteiger partial charge in [0.2, 0.25) is 0 Å². The summed E-state index contributed by atoms with van der Waals surface area (Å²) < 4.78 is 5.87. The number of likely N-dealkylation sites (tertiary alicyclic amines) is 1. The van der Waals surface area contributed by atoms with E-state index in [2.05, 4.69) is 14.9 Å². The van der Waals surface area contributed by atoms with E-state index >= 15 is 0 Å². The fourth-order valence-electron chi connectivity index (χ4n) is 2.67. The number of nitrogens with two attached hydrogens (primary N) is 1. The van der Waals surface area contributed by atoms with E-state index in [0.29, 0.717) is 18.5 Å². The second-order valence-electron chi connectivity index (χ2n) is 5.29. The molecule has 0 amide bonds. The molecule has 1 aromatic carbocycles. The Hall–Kier alpha value is -2.14. The van der Waals surface area contributed by atoms with Crippen molar-refractivity contribution in [3.63, 3.8) is 0 Å². The van der Waals surface area contributed by atoms with Crippen molar-refractivity contribution in [3.8, 4) is 5.75 Å². The molecule has 110 valence electrons. The molecule has 2 aromatic rings. The third-order valence-electron chi connectivity index (χ3n) is 3.76. The number of hydrogen-bond acceptors (Lipinski definition) is 5. The van der Waals surface area contributed by atoms with Crippen LogP contribution >= 0.6 is 0 Å². The van der Waals surface area contributed by atoms with Crippen LogP contribution in [0.15, 0.2) is 42.6 Å². The van der Waals surface area contributed by atoms with Crippen molar-refractivity contribution in [2.45, 2.75) is 25.4 Å². The first-order chi connectivity index (χ1) is 10.3. The highest BCUT2D eigenvalue weighted by Crippen LogP contribution is 2.20. The highest BCUT2D eigenvalue weighted by Gasteiger charge is 2.25. The lowest BCUT2D eigenvalue weighted by molar-refractivity contribution is 0.164. The molecule has 1 unspecified atom stereocenters. The number of para-hydroxylation sites is 1. The van der Waals surface area contributed by atoms with Gasteiger partial charge in [-0.3, -0.25) is 4.90 Å². The monoisotopic (exact) mass is 284 g/mol. The summed E-state index contributed by atoms with van der Waals surface area (Å²) in [6, 6.07) is 12.1. The SMILES string of the molecule is Nc1ccnc(CN2CCCC2COc2ccccc2)n1. The molecule has 2 heterocycles. The quantitative estimate of drug-likeness (QED) is 0.911. The molecule has 0 spiro atoms. The first-order valence-electron chi connectivity index (χ1n) is 7.30. The van der Waals surface area contributed by atoms with Crippen LogP contribution in [0.25, 0.3) is 0 Å². The van der Waals surface area contributed by atoms with Crippen LogP contribution in [0.3, 0.4) is 0 Å². The molecule has 3 rings (SSSR count). The van der Waals surface area contributed by atoms with E-state index in [9.17, 15) is 0 Å². The van der Waals surface area contributed by atoms with Gasteiger partial charge in [-0.25, -0.2) is 9.97 Å². The number of hydrogen-bond donors (Lipinski definition) is 1. The molecule has 0 saturated carbocycles. The van der Waals surface area contributed by atoms with Gasteiger partial charge in [0.15, 0.2) is 0 Å². The topological polar surface area (TPSA) is 64.3 Å². The van der Waals surface area contributed by atoms with Crippen molar-refractivity contribution in [1.82, 2.24) is 14.9 Å². The molecule has 0 aliphatic carbocycles. The number of nitrogens with zero attached hydrogens (tertiary/aromatic N) is 3. The van der Waals surface area contributed by atoms with Gasteiger partial charge < -0.3 is 10.5 Å². The van der Waals surface area contributed by atoms with Gasteiger partial charge >= 0.3 is 0 Å². The molecule has 0 radical (unpaired) electrons. The minimum absolute atomic E-state index is 0.412. The number of aromatic nitrogens is 2. The number of benzene rings is 1. The Kier molecular flexibility index (Phi) is 4.31. The maximum atomic E-state index is 5.87. The Morgan fingerprint density at radius 1 is 1.24 bits per heavy atom. The van der Waals surface area contributed by atoms with Gasteiger partial charge in [0.1, 0.15) is 24.0 Å². The number of nitrogen functional groups attached to an aromatic ring is 1. The summed E-state index contributed by atoms with van der Waals surface area (Å²) in [6.07, 6.45) is 4.05. The van der Waals surface area contributed by atoms with E-state index in [1.54, 1.807) is 12.3 Å². The molecule has 1 fully saturated rings. The summed E-state index contributed by atoms with van der Waals surface area (Å²) in [5.74, 6) is 2.22. The molecule has 0 bridgehead atoms. The van der Waals surface area contributed by atoms with E-state index in [1.807, 2.05) is 30.3 Å². The highest BCUT2D eigenvalue weighted by molar-refractivity contribution is 5.25. The number of rotatable bonds is 5. The Morgan fingerprint density at radius 3 is 2.90 bits per heavy atom. The minimum Gasteiger partial charge on any atom is -0.492 e. The predicted molar refractivity (Wildman–Crippen MR) is 81.8 cm³/mol. The standard InChI is InChI=1S/C16H20N4O/c17-15-8-9-18-16(19-15)11-20-10-4-5-13(20)12-21-14-6-2-1-3-7-14/h1-3,6-9,13H,4-5,10-12H2,(H2,17,18,19). The Balaban J connectivity index is 1.58. The molecule has 1 saturated heterocycles. The first-order valence-corrected chi connectivity index (χ1v) is 7.30. The third kappa shape index (κ3) is 3.70. The molecule has 1 aliphatic heterocycles. The fraction of sp³-hybridized carbons (Fsp3) is 0.375. The van der Waals surface area contributed by atoms with E-state index in [1.165, 1.54) is 6.42 Å². The Morgan fingerprint density at radius 2 is 2.10 bits per heavy atom. The van der Waals surface area contributed by atoms with Crippen molar-refractivity contribution in [1.29, 1.82) is 0 Å². The molecule has 2 N–H and O–H groups in total. The maximum Gasteiger partial charge on any atom is 0.144 e. The molecule has 1 aliphatic rings. The van der Waals surface area contributed by atoms with E-state index < -0.39 is 0 Å². The summed E-state index contributed by atoms with van der Waals surface area (Å²) >= 11 is 0. The van der Waals surface area contributed by atoms with E-state index in [-0.39, 0.29) is 0 Å². The van der Waals surface area contributed by atoms with Crippen LogP contribution in [-0.4, -0.2) is 34.1 Å². The summed E-state index contributed by atoms with van der Waals surface area (Å²) in [7, 11) is 0. The van der Waals surface area contributed by atoms with Crippen molar-refractivity contribution >= 4 is 5.82 Å². The molecule has 5 nitrogen and oxygen atoms in total. The minimum atomic E-state index is 0.412. The molecular formula is C16H20N4O. The average molecular weight is 284 g/mol. The van der Waals surface area contributed by atoms with Gasteiger partial charge in [-0.1, -0.05) is 18.2 Å². The molecule has 1 atom stereocenters. The van der Waals surface area contributed by atoms with Crippen LogP contribution in [0, 0.1) is 0 Å². The number of anilines is 1. The lowest BCUT2D eigenvalue weighted by Crippen LogP contribution is -2.34. The second-order valence-corrected chi connectivity index (χ2v) is 5.29. The zero-order valence-corrected chi connectivity index (χ0v) is 12.0. The van der Waals surface area contributed by atoms with Gasteiger partial charge in [0, 0.05) is 12.2 Å². The number of ether oxygens (including phenoxy) is 1. The van der Waals surface area contributed by atoms with Crippen molar-refractivity contribution in [2.24, 2.45) is 0 Å². The van der Waals surface area contributed by atoms with Crippen LogP contribution in [0.5, 0.6) is 5.75 Å². The molecule has 21 heavy (non-hydrogen) atoms. The summed E-state index contributed by atoms with van der Waals surface area (Å²) in [5, 5.41) is 0. The van der Waals surface area contributed by atoms with Gasteiger partial charge in [-0.2, -0.15) is 0 Å². The highest BCUT2D eigenvalue weighted by atomic mass is 16.5. The van der Waals surface area contributed by atoms with Crippen LogP contribution < -0.4 is 10.5 Å². The summed E-state index contributed by atoms with van der Waals surface area (Å²) in [6.45, 7) is 2.49.